The third-order valence-corrected chi connectivity index (χ3v) is 6.04. The first-order chi connectivity index (χ1) is 17.0. The molecule has 4 aromatic rings. The lowest BCUT2D eigenvalue weighted by Gasteiger charge is -2.27. The van der Waals surface area contributed by atoms with Gasteiger partial charge in [0.25, 0.3) is 5.91 Å². The predicted molar refractivity (Wildman–Crippen MR) is 127 cm³/mol. The van der Waals surface area contributed by atoms with Gasteiger partial charge in [-0.05, 0) is 35.9 Å². The van der Waals surface area contributed by atoms with Crippen molar-refractivity contribution in [1.29, 1.82) is 0 Å². The summed E-state index contributed by atoms with van der Waals surface area (Å²) in [5, 5.41) is 11.6. The Morgan fingerprint density at radius 1 is 1.03 bits per heavy atom. The van der Waals surface area contributed by atoms with Crippen molar-refractivity contribution in [2.75, 3.05) is 14.2 Å². The van der Waals surface area contributed by atoms with Gasteiger partial charge in [0.2, 0.25) is 5.78 Å². The molecule has 0 aliphatic carbocycles. The van der Waals surface area contributed by atoms with Gasteiger partial charge in [-0.25, -0.2) is 0 Å². The van der Waals surface area contributed by atoms with Crippen molar-refractivity contribution in [3.05, 3.63) is 101 Å². The molecule has 1 aliphatic heterocycles. The summed E-state index contributed by atoms with van der Waals surface area (Å²) in [6.07, 6.45) is 3.24. The maximum Gasteiger partial charge on any atom is 0.290 e. The number of aliphatic hydroxyl groups is 1. The van der Waals surface area contributed by atoms with Crippen molar-refractivity contribution in [3.63, 3.8) is 0 Å². The molecule has 0 bridgehead atoms. The minimum Gasteiger partial charge on any atom is -0.503 e. The Balaban J connectivity index is 1.64. The first-order valence-corrected chi connectivity index (χ1v) is 10.9. The summed E-state index contributed by atoms with van der Waals surface area (Å²) >= 11 is 0. The van der Waals surface area contributed by atoms with E-state index in [1.165, 1.54) is 19.1 Å². The molecular weight excluding hydrogens is 448 g/mol. The summed E-state index contributed by atoms with van der Waals surface area (Å²) in [5.74, 6) is -0.923. The van der Waals surface area contributed by atoms with E-state index in [1.54, 1.807) is 73.1 Å². The number of furan rings is 1. The van der Waals surface area contributed by atoms with Crippen LogP contribution in [-0.4, -0.2) is 40.9 Å². The second kappa shape index (κ2) is 8.98. The van der Waals surface area contributed by atoms with E-state index in [4.69, 9.17) is 13.9 Å². The van der Waals surface area contributed by atoms with E-state index in [1.807, 2.05) is 0 Å². The molecule has 1 aliphatic rings. The Morgan fingerprint density at radius 3 is 2.49 bits per heavy atom. The van der Waals surface area contributed by atoms with E-state index in [2.05, 4.69) is 4.98 Å². The Bertz CT molecular complexity index is 1460. The van der Waals surface area contributed by atoms with Crippen molar-refractivity contribution in [3.8, 4) is 11.5 Å². The zero-order valence-corrected chi connectivity index (χ0v) is 19.1. The number of methoxy groups -OCH3 is 2. The van der Waals surface area contributed by atoms with E-state index in [-0.39, 0.29) is 17.9 Å². The number of ketones is 1. The SMILES string of the molecule is COc1ccccc1C1C(C(=O)c2cc3cccc(OC)c3o2)=C(O)C(=O)N1Cc1ccncc1. The van der Waals surface area contributed by atoms with Crippen LogP contribution >= 0.6 is 0 Å². The summed E-state index contributed by atoms with van der Waals surface area (Å²) in [7, 11) is 3.02. The number of aliphatic hydroxyl groups excluding tert-OH is 1. The van der Waals surface area contributed by atoms with Gasteiger partial charge in [0.15, 0.2) is 22.9 Å². The molecule has 35 heavy (non-hydrogen) atoms. The fraction of sp³-hybridized carbons (Fsp3) is 0.148. The first-order valence-electron chi connectivity index (χ1n) is 10.9. The van der Waals surface area contributed by atoms with Crippen LogP contribution in [0.3, 0.4) is 0 Å². The van der Waals surface area contributed by atoms with Gasteiger partial charge in [-0.15, -0.1) is 0 Å². The summed E-state index contributed by atoms with van der Waals surface area (Å²) in [5.41, 5.74) is 1.69. The van der Waals surface area contributed by atoms with Crippen molar-refractivity contribution in [2.24, 2.45) is 0 Å². The van der Waals surface area contributed by atoms with Crippen LogP contribution < -0.4 is 9.47 Å². The molecule has 0 saturated heterocycles. The highest BCUT2D eigenvalue weighted by molar-refractivity contribution is 6.16. The molecule has 8 heteroatoms. The standard InChI is InChI=1S/C27H22N2O6/c1-33-19-8-4-3-7-18(19)23-22(25(31)27(32)29(23)15-16-10-12-28-13-11-16)24(30)21-14-17-6-5-9-20(34-2)26(17)35-21/h3-14,23,31H,15H2,1-2H3. The van der Waals surface area contributed by atoms with Crippen LogP contribution in [0, 0.1) is 0 Å². The third-order valence-electron chi connectivity index (χ3n) is 6.04. The number of hydrogen-bond donors (Lipinski definition) is 1. The Hall–Kier alpha value is -4.59. The van der Waals surface area contributed by atoms with Crippen molar-refractivity contribution in [1.82, 2.24) is 9.88 Å². The number of para-hydroxylation sites is 2. The highest BCUT2D eigenvalue weighted by Crippen LogP contribution is 2.43. The number of carbonyl (C=O) groups is 2. The molecule has 1 unspecified atom stereocenters. The molecule has 0 saturated carbocycles. The molecule has 1 N–H and O–H groups in total. The molecule has 0 fully saturated rings. The van der Waals surface area contributed by atoms with Gasteiger partial charge in [-0.2, -0.15) is 0 Å². The van der Waals surface area contributed by atoms with E-state index in [0.717, 1.165) is 5.56 Å². The Morgan fingerprint density at radius 2 is 1.74 bits per heavy atom. The van der Waals surface area contributed by atoms with Crippen molar-refractivity contribution in [2.45, 2.75) is 12.6 Å². The van der Waals surface area contributed by atoms with Crippen LogP contribution in [0.15, 0.2) is 88.8 Å². The molecule has 8 nitrogen and oxygen atoms in total. The number of benzene rings is 2. The topological polar surface area (TPSA) is 102 Å². The summed E-state index contributed by atoms with van der Waals surface area (Å²) in [4.78, 5) is 32.5. The normalized spacial score (nSPS) is 15.7. The maximum absolute atomic E-state index is 13.8. The predicted octanol–water partition coefficient (Wildman–Crippen LogP) is 4.62. The zero-order chi connectivity index (χ0) is 24.5. The average Bonchev–Trinajstić information content (AvgIpc) is 3.44. The van der Waals surface area contributed by atoms with Gasteiger partial charge in [-0.1, -0.05) is 30.3 Å². The molecule has 2 aromatic carbocycles. The zero-order valence-electron chi connectivity index (χ0n) is 19.1. The lowest BCUT2D eigenvalue weighted by molar-refractivity contribution is -0.130. The summed E-state index contributed by atoms with van der Waals surface area (Å²) in [6, 6.07) is 16.6. The van der Waals surface area contributed by atoms with E-state index in [9.17, 15) is 14.7 Å². The van der Waals surface area contributed by atoms with Crippen LogP contribution in [0.1, 0.15) is 27.7 Å². The Kier molecular flexibility index (Phi) is 5.70. The number of pyridine rings is 1. The van der Waals surface area contributed by atoms with Crippen molar-refractivity contribution < 1.29 is 28.6 Å². The maximum atomic E-state index is 13.8. The van der Waals surface area contributed by atoms with Gasteiger partial charge < -0.3 is 23.9 Å². The molecule has 3 heterocycles. The average molecular weight is 470 g/mol. The minimum atomic E-state index is -0.894. The second-order valence-electron chi connectivity index (χ2n) is 8.01. The number of ether oxygens (including phenoxy) is 2. The monoisotopic (exact) mass is 470 g/mol. The smallest absolute Gasteiger partial charge is 0.290 e. The first kappa shape index (κ1) is 22.2. The summed E-state index contributed by atoms with van der Waals surface area (Å²) < 4.78 is 16.7. The van der Waals surface area contributed by atoms with Gasteiger partial charge in [-0.3, -0.25) is 14.6 Å². The number of aromatic nitrogens is 1. The molecule has 176 valence electrons. The number of fused-ring (bicyclic) bond motifs is 1. The largest absolute Gasteiger partial charge is 0.503 e. The Labute approximate surface area is 201 Å². The molecule has 2 aromatic heterocycles. The number of Topliss-reactive ketones (excluding diaryl/α,β-unsaturated/α-hetero) is 1. The van der Waals surface area contributed by atoms with Gasteiger partial charge in [0.1, 0.15) is 5.75 Å². The number of rotatable bonds is 7. The van der Waals surface area contributed by atoms with E-state index in [0.29, 0.717) is 28.0 Å². The van der Waals surface area contributed by atoms with Gasteiger partial charge in [0.05, 0.1) is 25.8 Å². The number of carbonyl (C=O) groups excluding carboxylic acids is 2. The lowest BCUT2D eigenvalue weighted by Crippen LogP contribution is -2.31. The fourth-order valence-corrected chi connectivity index (χ4v) is 4.39. The van der Waals surface area contributed by atoms with E-state index < -0.39 is 23.5 Å². The number of amides is 1. The summed E-state index contributed by atoms with van der Waals surface area (Å²) in [6.45, 7) is 0.152. The minimum absolute atomic E-state index is 0.00971. The van der Waals surface area contributed by atoms with E-state index >= 15 is 0 Å². The molecule has 1 atom stereocenters. The lowest BCUT2D eigenvalue weighted by atomic mass is 9.94. The van der Waals surface area contributed by atoms with Crippen LogP contribution in [0.5, 0.6) is 11.5 Å². The van der Waals surface area contributed by atoms with Crippen LogP contribution in [-0.2, 0) is 11.3 Å². The highest BCUT2D eigenvalue weighted by atomic mass is 16.5. The molecule has 5 rings (SSSR count). The van der Waals surface area contributed by atoms with Gasteiger partial charge in [0, 0.05) is 29.9 Å². The van der Waals surface area contributed by atoms with Crippen molar-refractivity contribution >= 4 is 22.7 Å². The van der Waals surface area contributed by atoms with Gasteiger partial charge >= 0.3 is 0 Å². The number of hydrogen-bond acceptors (Lipinski definition) is 7. The number of nitrogens with zero attached hydrogens (tertiary/aromatic N) is 2. The fourth-order valence-electron chi connectivity index (χ4n) is 4.39. The quantitative estimate of drug-likeness (QED) is 0.393. The van der Waals surface area contributed by atoms with Crippen LogP contribution in [0.25, 0.3) is 11.0 Å². The second-order valence-corrected chi connectivity index (χ2v) is 8.01. The molecular formula is C27H22N2O6. The van der Waals surface area contributed by atoms with Crippen LogP contribution in [0.4, 0.5) is 0 Å². The molecule has 0 radical (unpaired) electrons. The third kappa shape index (κ3) is 3.78. The molecule has 1 amide bonds. The highest BCUT2D eigenvalue weighted by Gasteiger charge is 2.45. The molecule has 0 spiro atoms. The van der Waals surface area contributed by atoms with Crippen LogP contribution in [0.2, 0.25) is 0 Å².